The van der Waals surface area contributed by atoms with E-state index < -0.39 is 23.7 Å². The molecule has 0 aliphatic heterocycles. The summed E-state index contributed by atoms with van der Waals surface area (Å²) in [6, 6.07) is 6.59. The Labute approximate surface area is 109 Å². The van der Waals surface area contributed by atoms with Crippen LogP contribution in [0.1, 0.15) is 22.5 Å². The summed E-state index contributed by atoms with van der Waals surface area (Å²) in [4.78, 5) is 10.9. The number of carboxylic acid groups (broad SMARTS) is 1. The van der Waals surface area contributed by atoms with E-state index in [1.807, 2.05) is 0 Å². The van der Waals surface area contributed by atoms with Crippen molar-refractivity contribution in [3.63, 3.8) is 0 Å². The minimum Gasteiger partial charge on any atom is -0.478 e. The smallest absolute Gasteiger partial charge is 0.339 e. The molecule has 0 spiro atoms. The second-order valence-corrected chi connectivity index (χ2v) is 4.27. The maximum Gasteiger partial charge on any atom is 0.339 e. The first-order valence-corrected chi connectivity index (χ1v) is 5.66. The van der Waals surface area contributed by atoms with Gasteiger partial charge in [-0.05, 0) is 28.1 Å². The lowest BCUT2D eigenvalue weighted by Gasteiger charge is -2.09. The molecule has 0 aliphatic carbocycles. The largest absolute Gasteiger partial charge is 0.478 e. The van der Waals surface area contributed by atoms with Gasteiger partial charge in [0.25, 0.3) is 6.43 Å². The van der Waals surface area contributed by atoms with Crippen molar-refractivity contribution in [3.05, 3.63) is 46.2 Å². The molecule has 7 heteroatoms. The van der Waals surface area contributed by atoms with Gasteiger partial charge in [-0.25, -0.2) is 18.3 Å². The highest BCUT2D eigenvalue weighted by Crippen LogP contribution is 2.28. The van der Waals surface area contributed by atoms with Crippen LogP contribution in [0.4, 0.5) is 8.78 Å². The number of halogens is 3. The summed E-state index contributed by atoms with van der Waals surface area (Å²) in [6.07, 6.45) is -2.01. The predicted molar refractivity (Wildman–Crippen MR) is 63.2 cm³/mol. The molecule has 94 valence electrons. The van der Waals surface area contributed by atoms with Gasteiger partial charge in [-0.15, -0.1) is 0 Å². The van der Waals surface area contributed by atoms with Crippen molar-refractivity contribution >= 4 is 21.9 Å². The minimum absolute atomic E-state index is 0.361. The zero-order valence-corrected chi connectivity index (χ0v) is 10.4. The fraction of sp³-hybridized carbons (Fsp3) is 0.0909. The summed E-state index contributed by atoms with van der Waals surface area (Å²) < 4.78 is 27.4. The van der Waals surface area contributed by atoms with E-state index in [1.165, 1.54) is 0 Å². The molecule has 0 saturated carbocycles. The van der Waals surface area contributed by atoms with Gasteiger partial charge >= 0.3 is 5.97 Å². The van der Waals surface area contributed by atoms with Crippen LogP contribution in [0, 0.1) is 0 Å². The van der Waals surface area contributed by atoms with Gasteiger partial charge in [0.15, 0.2) is 0 Å². The summed E-state index contributed by atoms with van der Waals surface area (Å²) in [7, 11) is 0. The van der Waals surface area contributed by atoms with E-state index in [0.29, 0.717) is 10.2 Å². The minimum atomic E-state index is -2.93. The third-order valence-electron chi connectivity index (χ3n) is 2.32. The van der Waals surface area contributed by atoms with Gasteiger partial charge in [0, 0.05) is 4.47 Å². The Morgan fingerprint density at radius 2 is 2.06 bits per heavy atom. The zero-order chi connectivity index (χ0) is 13.3. The monoisotopic (exact) mass is 316 g/mol. The highest BCUT2D eigenvalue weighted by molar-refractivity contribution is 9.10. The topological polar surface area (TPSA) is 55.1 Å². The molecule has 0 bridgehead atoms. The Morgan fingerprint density at radius 3 is 2.61 bits per heavy atom. The van der Waals surface area contributed by atoms with Crippen molar-refractivity contribution in [2.24, 2.45) is 0 Å². The first kappa shape index (κ1) is 12.7. The lowest BCUT2D eigenvalue weighted by molar-refractivity contribution is 0.0683. The van der Waals surface area contributed by atoms with Crippen molar-refractivity contribution in [2.45, 2.75) is 6.43 Å². The molecule has 4 nitrogen and oxygen atoms in total. The van der Waals surface area contributed by atoms with E-state index in [1.54, 1.807) is 24.3 Å². The molecule has 1 aromatic heterocycles. The van der Waals surface area contributed by atoms with Crippen LogP contribution in [0.3, 0.4) is 0 Å². The second kappa shape index (κ2) is 4.85. The number of nitrogens with zero attached hydrogens (tertiary/aromatic N) is 2. The number of hydrogen-bond acceptors (Lipinski definition) is 2. The molecule has 0 unspecified atom stereocenters. The number of para-hydroxylation sites is 1. The van der Waals surface area contributed by atoms with Crippen molar-refractivity contribution in [2.75, 3.05) is 0 Å². The Bertz CT molecular complexity index is 598. The van der Waals surface area contributed by atoms with Crippen molar-refractivity contribution in [3.8, 4) is 5.69 Å². The number of alkyl halides is 2. The molecule has 0 amide bonds. The van der Waals surface area contributed by atoms with Gasteiger partial charge in [0.05, 0.1) is 11.9 Å². The van der Waals surface area contributed by atoms with Gasteiger partial charge in [0.1, 0.15) is 11.3 Å². The standard InChI is InChI=1S/C11H7BrF2N2O2/c12-7-3-1-2-4-8(7)16-9(10(13)14)6(5-15-16)11(17)18/h1-5,10H,(H,17,18). The first-order chi connectivity index (χ1) is 8.52. The zero-order valence-electron chi connectivity index (χ0n) is 8.85. The van der Waals surface area contributed by atoms with Crippen LogP contribution < -0.4 is 0 Å². The third kappa shape index (κ3) is 2.13. The molecule has 2 aromatic rings. The SMILES string of the molecule is O=C(O)c1cnn(-c2ccccc2Br)c1C(F)F. The fourth-order valence-corrected chi connectivity index (χ4v) is 2.00. The van der Waals surface area contributed by atoms with Gasteiger partial charge in [-0.3, -0.25) is 0 Å². The maximum atomic E-state index is 13.0. The van der Waals surface area contributed by atoms with Crippen LogP contribution in [0.2, 0.25) is 0 Å². The summed E-state index contributed by atoms with van der Waals surface area (Å²) in [5.74, 6) is -1.43. The molecule has 0 fully saturated rings. The lowest BCUT2D eigenvalue weighted by Crippen LogP contribution is -2.07. The van der Waals surface area contributed by atoms with Crippen LogP contribution in [-0.2, 0) is 0 Å². The van der Waals surface area contributed by atoms with Crippen LogP contribution in [0.25, 0.3) is 5.69 Å². The number of carbonyl (C=O) groups is 1. The van der Waals surface area contributed by atoms with E-state index >= 15 is 0 Å². The van der Waals surface area contributed by atoms with Crippen LogP contribution in [-0.4, -0.2) is 20.9 Å². The van der Waals surface area contributed by atoms with Crippen LogP contribution in [0.15, 0.2) is 34.9 Å². The molecule has 1 N–H and O–H groups in total. The Morgan fingerprint density at radius 1 is 1.39 bits per heavy atom. The number of aromatic carboxylic acids is 1. The van der Waals surface area contributed by atoms with E-state index in [4.69, 9.17) is 5.11 Å². The number of carboxylic acids is 1. The van der Waals surface area contributed by atoms with Gasteiger partial charge in [-0.1, -0.05) is 12.1 Å². The average molecular weight is 317 g/mol. The maximum absolute atomic E-state index is 13.0. The summed E-state index contributed by atoms with van der Waals surface area (Å²) in [5, 5.41) is 12.6. The molecular weight excluding hydrogens is 310 g/mol. The Kier molecular flexibility index (Phi) is 3.42. The normalized spacial score (nSPS) is 10.9. The fourth-order valence-electron chi connectivity index (χ4n) is 1.55. The van der Waals surface area contributed by atoms with E-state index in [-0.39, 0.29) is 0 Å². The van der Waals surface area contributed by atoms with Crippen molar-refractivity contribution in [1.29, 1.82) is 0 Å². The number of hydrogen-bond donors (Lipinski definition) is 1. The molecule has 0 radical (unpaired) electrons. The molecule has 0 saturated heterocycles. The number of aromatic nitrogens is 2. The predicted octanol–water partition coefficient (Wildman–Crippen LogP) is 3.27. The highest BCUT2D eigenvalue weighted by Gasteiger charge is 2.25. The molecule has 0 aliphatic rings. The molecule has 0 atom stereocenters. The number of rotatable bonds is 3. The summed E-state index contributed by atoms with van der Waals surface area (Å²) in [5.41, 5.74) is -0.768. The molecule has 2 rings (SSSR count). The van der Waals surface area contributed by atoms with Gasteiger partial charge in [0.2, 0.25) is 0 Å². The van der Waals surface area contributed by atoms with Crippen molar-refractivity contribution < 1.29 is 18.7 Å². The van der Waals surface area contributed by atoms with Gasteiger partial charge in [-0.2, -0.15) is 5.10 Å². The van der Waals surface area contributed by atoms with E-state index in [9.17, 15) is 13.6 Å². The quantitative estimate of drug-likeness (QED) is 0.945. The molecular formula is C11H7BrF2N2O2. The third-order valence-corrected chi connectivity index (χ3v) is 2.99. The van der Waals surface area contributed by atoms with Crippen molar-refractivity contribution in [1.82, 2.24) is 9.78 Å². The lowest BCUT2D eigenvalue weighted by atomic mass is 10.2. The van der Waals surface area contributed by atoms with E-state index in [2.05, 4.69) is 21.0 Å². The summed E-state index contributed by atoms with van der Waals surface area (Å²) >= 11 is 3.21. The second-order valence-electron chi connectivity index (χ2n) is 3.41. The average Bonchev–Trinajstić information content (AvgIpc) is 2.74. The first-order valence-electron chi connectivity index (χ1n) is 4.86. The Hall–Kier alpha value is -1.76. The van der Waals surface area contributed by atoms with Gasteiger partial charge < -0.3 is 5.11 Å². The Balaban J connectivity index is 2.66. The van der Waals surface area contributed by atoms with E-state index in [0.717, 1.165) is 10.9 Å². The van der Waals surface area contributed by atoms with Crippen LogP contribution in [0.5, 0.6) is 0 Å². The molecule has 1 aromatic carbocycles. The highest BCUT2D eigenvalue weighted by atomic mass is 79.9. The molecule has 1 heterocycles. The molecule has 18 heavy (non-hydrogen) atoms. The summed E-state index contributed by atoms with van der Waals surface area (Å²) in [6.45, 7) is 0. The number of benzene rings is 1. The van der Waals surface area contributed by atoms with Crippen LogP contribution >= 0.6 is 15.9 Å².